The number of esters is 2. The van der Waals surface area contributed by atoms with Crippen LogP contribution in [0.25, 0.3) is 0 Å². The van der Waals surface area contributed by atoms with E-state index in [4.69, 9.17) is 14.2 Å². The summed E-state index contributed by atoms with van der Waals surface area (Å²) in [6.45, 7) is 4.33. The van der Waals surface area contributed by atoms with Gasteiger partial charge in [-0.3, -0.25) is 9.59 Å². The van der Waals surface area contributed by atoms with Crippen LogP contribution in [0, 0.1) is 0 Å². The quantitative estimate of drug-likeness (QED) is 0.0290. The molecule has 0 saturated carbocycles. The zero-order chi connectivity index (χ0) is 37.8. The molecule has 0 aromatic rings. The van der Waals surface area contributed by atoms with Gasteiger partial charge < -0.3 is 28.6 Å². The van der Waals surface area contributed by atoms with Crippen LogP contribution in [0.3, 0.4) is 0 Å². The van der Waals surface area contributed by atoms with Crippen LogP contribution in [0.15, 0.2) is 72.9 Å². The molecule has 0 bridgehead atoms. The molecule has 290 valence electrons. The second-order valence-corrected chi connectivity index (χ2v) is 13.7. The molecule has 8 nitrogen and oxygen atoms in total. The number of carbonyl (C=O) groups excluding carboxylic acids is 3. The largest absolute Gasteiger partial charge is 0.544 e. The van der Waals surface area contributed by atoms with E-state index in [1.165, 1.54) is 12.8 Å². The summed E-state index contributed by atoms with van der Waals surface area (Å²) in [5.41, 5.74) is 0. The molecule has 51 heavy (non-hydrogen) atoms. The zero-order valence-electron chi connectivity index (χ0n) is 32.7. The molecule has 0 aromatic heterocycles. The van der Waals surface area contributed by atoms with Gasteiger partial charge in [0, 0.05) is 19.3 Å². The fourth-order valence-corrected chi connectivity index (χ4v) is 5.11. The zero-order valence-corrected chi connectivity index (χ0v) is 32.7. The molecule has 0 spiro atoms. The molecule has 2 unspecified atom stereocenters. The van der Waals surface area contributed by atoms with Crippen LogP contribution in [0.2, 0.25) is 0 Å². The summed E-state index contributed by atoms with van der Waals surface area (Å²) in [7, 11) is 5.37. The Morgan fingerprint density at radius 3 is 1.59 bits per heavy atom. The first-order valence-electron chi connectivity index (χ1n) is 19.5. The van der Waals surface area contributed by atoms with Crippen molar-refractivity contribution in [1.29, 1.82) is 0 Å². The molecule has 0 aliphatic carbocycles. The van der Waals surface area contributed by atoms with E-state index >= 15 is 0 Å². The minimum Gasteiger partial charge on any atom is -0.544 e. The second kappa shape index (κ2) is 33.9. The molecule has 8 heteroatoms. The molecular formula is C43H71NO7. The van der Waals surface area contributed by atoms with E-state index in [0.29, 0.717) is 12.8 Å². The van der Waals surface area contributed by atoms with Crippen molar-refractivity contribution < 1.29 is 38.2 Å². The summed E-state index contributed by atoms with van der Waals surface area (Å²) in [5.74, 6) is -1.84. The Bertz CT molecular complexity index is 1060. The molecule has 0 amide bonds. The highest BCUT2D eigenvalue weighted by Gasteiger charge is 2.25. The van der Waals surface area contributed by atoms with Crippen molar-refractivity contribution in [2.75, 3.05) is 41.0 Å². The van der Waals surface area contributed by atoms with E-state index in [9.17, 15) is 19.5 Å². The summed E-state index contributed by atoms with van der Waals surface area (Å²) in [4.78, 5) is 36.6. The predicted molar refractivity (Wildman–Crippen MR) is 208 cm³/mol. The molecule has 0 fully saturated rings. The molecule has 0 aliphatic heterocycles. The third kappa shape index (κ3) is 32.4. The molecule has 2 atom stereocenters. The highest BCUT2D eigenvalue weighted by molar-refractivity contribution is 5.70. The van der Waals surface area contributed by atoms with Crippen LogP contribution < -0.4 is 5.11 Å². The number of unbranched alkanes of at least 4 members (excludes halogenated alkanes) is 7. The highest BCUT2D eigenvalue weighted by Crippen LogP contribution is 2.12. The van der Waals surface area contributed by atoms with Crippen LogP contribution in [0.5, 0.6) is 0 Å². The second-order valence-electron chi connectivity index (χ2n) is 13.7. The molecule has 0 aliphatic rings. The standard InChI is InChI=1S/C43H71NO7/c1-6-8-10-12-14-16-18-19-20-21-22-24-26-28-30-32-34-42(46)51-39(37-49-36-35-40(43(47)48)44(3,4)5)38-50-41(45)33-31-29-27-25-23-17-15-13-11-9-7-2/h8-11,14-17,19-20,25,27,39-40H,6-7,12-13,18,21-24,26,28-38H2,1-5H3/b10-8+,11-9+,16-14+,17-15+,20-19+,27-25+. The van der Waals surface area contributed by atoms with Gasteiger partial charge in [0.15, 0.2) is 6.10 Å². The van der Waals surface area contributed by atoms with Crippen LogP contribution in [-0.4, -0.2) is 75.5 Å². The van der Waals surface area contributed by atoms with Gasteiger partial charge >= 0.3 is 11.9 Å². The van der Waals surface area contributed by atoms with Crippen molar-refractivity contribution in [3.05, 3.63) is 72.9 Å². The fraction of sp³-hybridized carbons (Fsp3) is 0.651. The number of hydrogen-bond donors (Lipinski definition) is 0. The van der Waals surface area contributed by atoms with Gasteiger partial charge in [-0.25, -0.2) is 0 Å². The maximum atomic E-state index is 12.7. The molecule has 0 N–H and O–H groups in total. The van der Waals surface area contributed by atoms with E-state index in [1.54, 1.807) is 21.1 Å². The first-order chi connectivity index (χ1) is 24.6. The summed E-state index contributed by atoms with van der Waals surface area (Å²) in [6, 6.07) is -0.737. The van der Waals surface area contributed by atoms with Crippen molar-refractivity contribution >= 4 is 17.9 Å². The lowest BCUT2D eigenvalue weighted by Gasteiger charge is -2.34. The number of nitrogens with zero attached hydrogens (tertiary/aromatic N) is 1. The first kappa shape index (κ1) is 47.8. The number of carboxylic acid groups (broad SMARTS) is 1. The van der Waals surface area contributed by atoms with Gasteiger partial charge in [-0.15, -0.1) is 0 Å². The van der Waals surface area contributed by atoms with Crippen molar-refractivity contribution in [1.82, 2.24) is 0 Å². The monoisotopic (exact) mass is 714 g/mol. The molecule has 0 saturated heterocycles. The van der Waals surface area contributed by atoms with Crippen molar-refractivity contribution in [3.63, 3.8) is 0 Å². The van der Waals surface area contributed by atoms with Crippen LogP contribution in [0.4, 0.5) is 0 Å². The average Bonchev–Trinajstić information content (AvgIpc) is 3.08. The summed E-state index contributed by atoms with van der Waals surface area (Å²) in [6.07, 6.45) is 40.8. The lowest BCUT2D eigenvalue weighted by molar-refractivity contribution is -0.889. The lowest BCUT2D eigenvalue weighted by Crippen LogP contribution is -2.55. The Morgan fingerprint density at radius 1 is 0.588 bits per heavy atom. The Kier molecular flexibility index (Phi) is 31.7. The Labute approximate surface area is 311 Å². The molecule has 0 radical (unpaired) electrons. The summed E-state index contributed by atoms with van der Waals surface area (Å²) >= 11 is 0. The SMILES string of the molecule is CC/C=C/C/C=C/C/C=C/CCCCCCCCC(=O)OC(COCCC(C(=O)[O-])[N+](C)(C)C)COC(=O)CCC/C=C/C/C=C/C/C=C/CC. The maximum absolute atomic E-state index is 12.7. The van der Waals surface area contributed by atoms with E-state index < -0.39 is 18.1 Å². The van der Waals surface area contributed by atoms with Gasteiger partial charge in [-0.05, 0) is 70.6 Å². The van der Waals surface area contributed by atoms with Crippen molar-refractivity contribution in [2.24, 2.45) is 0 Å². The van der Waals surface area contributed by atoms with Gasteiger partial charge in [0.2, 0.25) is 0 Å². The van der Waals surface area contributed by atoms with Crippen molar-refractivity contribution in [3.8, 4) is 0 Å². The number of carbonyl (C=O) groups is 3. The van der Waals surface area contributed by atoms with Gasteiger partial charge in [0.25, 0.3) is 0 Å². The maximum Gasteiger partial charge on any atom is 0.306 e. The topological polar surface area (TPSA) is 102 Å². The van der Waals surface area contributed by atoms with Crippen LogP contribution in [0.1, 0.15) is 129 Å². The minimum atomic E-state index is -1.14. The number of allylic oxidation sites excluding steroid dienone is 12. The van der Waals surface area contributed by atoms with Crippen LogP contribution in [-0.2, 0) is 28.6 Å². The molecule has 0 aromatic carbocycles. The number of carboxylic acids is 1. The number of likely N-dealkylation sites (N-methyl/N-ethyl adjacent to an activating group) is 1. The van der Waals surface area contributed by atoms with Gasteiger partial charge in [0.05, 0.1) is 40.3 Å². The van der Waals surface area contributed by atoms with Gasteiger partial charge in [0.1, 0.15) is 12.6 Å². The van der Waals surface area contributed by atoms with E-state index in [0.717, 1.165) is 77.0 Å². The Hall–Kier alpha value is -3.23. The molecule has 0 rings (SSSR count). The first-order valence-corrected chi connectivity index (χ1v) is 19.5. The number of ether oxygens (including phenoxy) is 3. The Morgan fingerprint density at radius 2 is 1.06 bits per heavy atom. The fourth-order valence-electron chi connectivity index (χ4n) is 5.11. The number of aliphatic carboxylic acids is 1. The van der Waals surface area contributed by atoms with Gasteiger partial charge in [-0.2, -0.15) is 0 Å². The van der Waals surface area contributed by atoms with E-state index in [2.05, 4.69) is 86.8 Å². The normalized spacial score (nSPS) is 13.8. The van der Waals surface area contributed by atoms with Crippen LogP contribution >= 0.6 is 0 Å². The summed E-state index contributed by atoms with van der Waals surface area (Å²) < 4.78 is 17.0. The molecule has 0 heterocycles. The van der Waals surface area contributed by atoms with E-state index in [-0.39, 0.29) is 49.1 Å². The Balaban J connectivity index is 4.50. The number of hydrogen-bond acceptors (Lipinski definition) is 7. The van der Waals surface area contributed by atoms with E-state index in [1.807, 2.05) is 0 Å². The third-order valence-electron chi connectivity index (χ3n) is 8.09. The minimum absolute atomic E-state index is 0.0153. The lowest BCUT2D eigenvalue weighted by atomic mass is 10.1. The highest BCUT2D eigenvalue weighted by atomic mass is 16.6. The van der Waals surface area contributed by atoms with Crippen molar-refractivity contribution in [2.45, 2.75) is 142 Å². The number of rotatable bonds is 33. The average molecular weight is 714 g/mol. The predicted octanol–water partition coefficient (Wildman–Crippen LogP) is 8.68. The third-order valence-corrected chi connectivity index (χ3v) is 8.09. The number of quaternary nitrogens is 1. The summed E-state index contributed by atoms with van der Waals surface area (Å²) in [5, 5.41) is 11.6. The molecular weight excluding hydrogens is 642 g/mol. The smallest absolute Gasteiger partial charge is 0.306 e. The van der Waals surface area contributed by atoms with Gasteiger partial charge in [-0.1, -0.05) is 112 Å².